The molecule has 0 rings (SSSR count). The molecule has 0 aromatic heterocycles. The number of rotatable bonds is 0. The predicted octanol–water partition coefficient (Wildman–Crippen LogP) is -8.64. The Morgan fingerprint density at radius 3 is 0.867 bits per heavy atom. The fraction of sp³-hybridized carbons (Fsp3) is 0. The molecule has 0 heterocycles. The third-order valence-corrected chi connectivity index (χ3v) is 0. The summed E-state index contributed by atoms with van der Waals surface area (Å²) in [6.07, 6.45) is 0. The van der Waals surface area contributed by atoms with Gasteiger partial charge >= 0.3 is 210 Å². The van der Waals surface area contributed by atoms with Crippen LogP contribution in [0, 0.1) is 0 Å². The van der Waals surface area contributed by atoms with Gasteiger partial charge in [-0.3, -0.25) is 0 Å². The Bertz CT molecular complexity index is 126. The van der Waals surface area contributed by atoms with Crippen LogP contribution in [-0.4, -0.2) is 117 Å². The van der Waals surface area contributed by atoms with Crippen LogP contribution in [0.1, 0.15) is 0 Å². The van der Waals surface area contributed by atoms with Gasteiger partial charge in [-0.2, -0.15) is 0 Å². The predicted molar refractivity (Wildman–Crippen MR) is 19.3 cm³/mol. The van der Waals surface area contributed by atoms with Crippen LogP contribution < -0.4 is 20.1 Å². The van der Waals surface area contributed by atoms with Gasteiger partial charge in [-0.25, -0.2) is 0 Å². The second-order valence-corrected chi connectivity index (χ2v) is 3.99. The van der Waals surface area contributed by atoms with Crippen LogP contribution in [0.15, 0.2) is 0 Å². The number of hydrogen-bond acceptors (Lipinski definition) is 9. The van der Waals surface area contributed by atoms with E-state index in [9.17, 15) is 0 Å². The zero-order valence-corrected chi connectivity index (χ0v) is 23.1. The van der Waals surface area contributed by atoms with E-state index in [1.54, 1.807) is 0 Å². The van der Waals surface area contributed by atoms with Crippen LogP contribution in [0.5, 0.6) is 0 Å². The summed E-state index contributed by atoms with van der Waals surface area (Å²) in [7, 11) is 0. The van der Waals surface area contributed by atoms with Crippen molar-refractivity contribution in [3.05, 3.63) is 0 Å². The minimum atomic E-state index is -4.29. The second-order valence-electron chi connectivity index (χ2n) is 0.750. The van der Waals surface area contributed by atoms with Crippen molar-refractivity contribution < 1.29 is 92.9 Å². The van der Waals surface area contributed by atoms with Crippen molar-refractivity contribution in [2.75, 3.05) is 0 Å². The molecule has 0 spiro atoms. The molecule has 0 atom stereocenters. The Balaban J connectivity index is -0.0000000184. The first-order chi connectivity index (χ1) is 5.20. The van der Waals surface area contributed by atoms with Crippen LogP contribution in [0.2, 0.25) is 0 Å². The SMILES string of the molecule is [Ba+2].[Mg+2].[O]=[Ti]([O-])[O-].[O]=[Zr]([O-])[O-].[O]=[Zr]([O-])[O-].[Sr+2]. The van der Waals surface area contributed by atoms with Crippen molar-refractivity contribution in [1.29, 1.82) is 0 Å². The molecule has 0 amide bonds. The summed E-state index contributed by atoms with van der Waals surface area (Å²) in [5, 5.41) is 0. The Hall–Kier alpha value is 5.46. The average molecular weight is 624 g/mol. The van der Waals surface area contributed by atoms with Crippen LogP contribution in [0.3, 0.4) is 0 Å². The van der Waals surface area contributed by atoms with Crippen molar-refractivity contribution >= 4 is 117 Å². The average Bonchev–Trinajstić information content (AvgIpc) is 1.54. The third-order valence-electron chi connectivity index (χ3n) is 0. The molecule has 0 aromatic rings. The quantitative estimate of drug-likeness (QED) is 0.236. The van der Waals surface area contributed by atoms with Gasteiger partial charge in [0.25, 0.3) is 0 Å². The summed E-state index contributed by atoms with van der Waals surface area (Å²) in [6, 6.07) is 0. The summed E-state index contributed by atoms with van der Waals surface area (Å²) in [5.41, 5.74) is 0. The first-order valence-corrected chi connectivity index (χ1v) is 9.77. The Labute approximate surface area is 204 Å². The fourth-order valence-corrected chi connectivity index (χ4v) is 0. The van der Waals surface area contributed by atoms with Gasteiger partial charge in [0, 0.05) is 0 Å². The molecule has 15 heavy (non-hydrogen) atoms. The molecular weight excluding hydrogens is 624 g/mol. The summed E-state index contributed by atoms with van der Waals surface area (Å²) >= 11 is -12.7. The summed E-state index contributed by atoms with van der Waals surface area (Å²) in [5.74, 6) is 0. The minimum Gasteiger partial charge on any atom is 2.00 e. The monoisotopic (exact) mass is 622 g/mol. The first-order valence-electron chi connectivity index (χ1n) is 1.84. The molecule has 15 heteroatoms. The van der Waals surface area contributed by atoms with Gasteiger partial charge in [0.2, 0.25) is 0 Å². The fourth-order valence-electron chi connectivity index (χ4n) is 0. The second kappa shape index (κ2) is 31.7. The molecule has 0 aliphatic rings. The standard InChI is InChI=1S/Ba.Mg.9O.Sr.Ti.2Zr/q2*+2;;;;6*-1;+2;;;. The molecular formula is BaMgO9SrTiZr2. The van der Waals surface area contributed by atoms with E-state index in [2.05, 4.69) is 0 Å². The van der Waals surface area contributed by atoms with E-state index in [0.29, 0.717) is 0 Å². The van der Waals surface area contributed by atoms with Crippen molar-refractivity contribution in [3.8, 4) is 0 Å². The van der Waals surface area contributed by atoms with Gasteiger partial charge in [0.1, 0.15) is 0 Å². The first kappa shape index (κ1) is 37.1. The van der Waals surface area contributed by atoms with E-state index in [-0.39, 0.29) is 117 Å². The van der Waals surface area contributed by atoms with Crippen molar-refractivity contribution in [1.82, 2.24) is 0 Å². The van der Waals surface area contributed by atoms with Crippen LogP contribution in [0.4, 0.5) is 0 Å². The maximum absolute atomic E-state index is 8.61. The van der Waals surface area contributed by atoms with Gasteiger partial charge in [-0.15, -0.1) is 0 Å². The van der Waals surface area contributed by atoms with Gasteiger partial charge in [-0.1, -0.05) is 0 Å². The summed E-state index contributed by atoms with van der Waals surface area (Å²) < 4.78 is 77.4. The normalized spacial score (nSPS) is 5.20. The van der Waals surface area contributed by atoms with Gasteiger partial charge in [0.15, 0.2) is 0 Å². The molecule has 0 saturated heterocycles. The van der Waals surface area contributed by atoms with E-state index < -0.39 is 63.9 Å². The molecule has 0 bridgehead atoms. The van der Waals surface area contributed by atoms with Crippen LogP contribution >= 0.6 is 0 Å². The smallest absolute Gasteiger partial charge is 2.00 e. The van der Waals surface area contributed by atoms with Crippen LogP contribution in [-0.2, 0) is 72.8 Å². The van der Waals surface area contributed by atoms with E-state index >= 15 is 0 Å². The summed E-state index contributed by atoms with van der Waals surface area (Å²) in [4.78, 5) is 0. The topological polar surface area (TPSA) is 190 Å². The molecule has 0 saturated carbocycles. The molecule has 0 N–H and O–H groups in total. The molecule has 0 unspecified atom stereocenters. The molecule has 0 fully saturated rings. The van der Waals surface area contributed by atoms with Crippen molar-refractivity contribution in [2.45, 2.75) is 0 Å². The largest absolute Gasteiger partial charge is 2.00 e. The van der Waals surface area contributed by atoms with E-state index in [4.69, 9.17) is 29.1 Å². The molecule has 72 valence electrons. The molecule has 0 aliphatic carbocycles. The van der Waals surface area contributed by atoms with Gasteiger partial charge in [-0.05, 0) is 0 Å². The molecule has 9 nitrogen and oxygen atoms in total. The van der Waals surface area contributed by atoms with Crippen molar-refractivity contribution in [2.24, 2.45) is 0 Å². The summed E-state index contributed by atoms with van der Waals surface area (Å²) in [6.45, 7) is 0. The van der Waals surface area contributed by atoms with Crippen LogP contribution in [0.25, 0.3) is 0 Å². The third kappa shape index (κ3) is 199. The molecule has 0 aromatic carbocycles. The molecule has 0 aliphatic heterocycles. The maximum Gasteiger partial charge on any atom is 2.00 e. The molecule has 0 radical (unpaired) electrons. The zero-order valence-electron chi connectivity index (χ0n) is 7.30. The van der Waals surface area contributed by atoms with Gasteiger partial charge < -0.3 is 0 Å². The Kier molecular flexibility index (Phi) is 78.3. The minimum absolute atomic E-state index is 0. The zero-order chi connectivity index (χ0) is 10.7. The van der Waals surface area contributed by atoms with E-state index in [1.807, 2.05) is 0 Å². The van der Waals surface area contributed by atoms with Gasteiger partial charge in [0.05, 0.1) is 0 Å². The van der Waals surface area contributed by atoms with Crippen molar-refractivity contribution in [3.63, 3.8) is 0 Å². The Morgan fingerprint density at radius 2 is 0.867 bits per heavy atom. The van der Waals surface area contributed by atoms with E-state index in [1.165, 1.54) is 0 Å². The maximum atomic E-state index is 8.61. The number of hydrogen-bond donors (Lipinski definition) is 0. The van der Waals surface area contributed by atoms with E-state index in [0.717, 1.165) is 0 Å². The Morgan fingerprint density at radius 1 is 0.867 bits per heavy atom.